The Hall–Kier alpha value is -0.0800. The molecule has 0 aliphatic carbocycles. The van der Waals surface area contributed by atoms with Gasteiger partial charge in [0.25, 0.3) is 0 Å². The Morgan fingerprint density at radius 2 is 1.93 bits per heavy atom. The smallest absolute Gasteiger partial charge is 0.00156 e. The van der Waals surface area contributed by atoms with Crippen molar-refractivity contribution in [1.82, 2.24) is 4.90 Å². The number of hydrogen-bond donors (Lipinski definition) is 1. The first-order valence-corrected chi connectivity index (χ1v) is 6.72. The number of hydrogen-bond acceptors (Lipinski definition) is 2. The maximum Gasteiger partial charge on any atom is -0.00156 e. The fourth-order valence-electron chi connectivity index (χ4n) is 2.47. The molecule has 0 radical (unpaired) electrons. The van der Waals surface area contributed by atoms with E-state index in [0.717, 1.165) is 18.4 Å². The van der Waals surface area contributed by atoms with Crippen LogP contribution < -0.4 is 5.73 Å². The standard InChI is InChI=1S/C13H28N2/c1-3-12-5-8-15(9-6-12)10-7-13(4-2)11-14/h12-13H,3-11,14H2,1-2H3. The van der Waals surface area contributed by atoms with E-state index in [0.29, 0.717) is 0 Å². The highest BCUT2D eigenvalue weighted by Crippen LogP contribution is 2.20. The lowest BCUT2D eigenvalue weighted by atomic mass is 9.94. The van der Waals surface area contributed by atoms with E-state index in [1.807, 2.05) is 0 Å². The minimum absolute atomic E-state index is 0.744. The minimum Gasteiger partial charge on any atom is -0.330 e. The first kappa shape index (κ1) is 13.0. The fraction of sp³-hybridized carbons (Fsp3) is 1.00. The van der Waals surface area contributed by atoms with Crippen LogP contribution in [0.1, 0.15) is 46.0 Å². The summed E-state index contributed by atoms with van der Waals surface area (Å²) in [4.78, 5) is 2.63. The summed E-state index contributed by atoms with van der Waals surface area (Å²) in [7, 11) is 0. The third-order valence-electron chi connectivity index (χ3n) is 4.05. The predicted octanol–water partition coefficient (Wildman–Crippen LogP) is 2.48. The Morgan fingerprint density at radius 1 is 1.27 bits per heavy atom. The topological polar surface area (TPSA) is 29.3 Å². The second-order valence-electron chi connectivity index (χ2n) is 4.99. The second kappa shape index (κ2) is 7.24. The molecule has 1 aliphatic heterocycles. The molecule has 0 aromatic rings. The van der Waals surface area contributed by atoms with Crippen LogP contribution >= 0.6 is 0 Å². The zero-order valence-corrected chi connectivity index (χ0v) is 10.5. The maximum absolute atomic E-state index is 5.72. The second-order valence-corrected chi connectivity index (χ2v) is 4.99. The quantitative estimate of drug-likeness (QED) is 0.733. The molecule has 2 heteroatoms. The van der Waals surface area contributed by atoms with Crippen molar-refractivity contribution in [3.63, 3.8) is 0 Å². The van der Waals surface area contributed by atoms with Crippen LogP contribution in [0.5, 0.6) is 0 Å². The van der Waals surface area contributed by atoms with Gasteiger partial charge in [0.15, 0.2) is 0 Å². The average Bonchev–Trinajstić information content (AvgIpc) is 2.31. The lowest BCUT2D eigenvalue weighted by Gasteiger charge is -2.32. The van der Waals surface area contributed by atoms with E-state index < -0.39 is 0 Å². The summed E-state index contributed by atoms with van der Waals surface area (Å²) in [5, 5.41) is 0. The highest BCUT2D eigenvalue weighted by Gasteiger charge is 2.17. The van der Waals surface area contributed by atoms with E-state index in [-0.39, 0.29) is 0 Å². The lowest BCUT2D eigenvalue weighted by Crippen LogP contribution is -2.35. The van der Waals surface area contributed by atoms with Gasteiger partial charge >= 0.3 is 0 Å². The van der Waals surface area contributed by atoms with Crippen LogP contribution in [0.2, 0.25) is 0 Å². The Kier molecular flexibility index (Phi) is 6.26. The molecule has 1 saturated heterocycles. The maximum atomic E-state index is 5.72. The van der Waals surface area contributed by atoms with Crippen molar-refractivity contribution >= 4 is 0 Å². The zero-order chi connectivity index (χ0) is 11.1. The van der Waals surface area contributed by atoms with E-state index >= 15 is 0 Å². The van der Waals surface area contributed by atoms with E-state index in [9.17, 15) is 0 Å². The van der Waals surface area contributed by atoms with Crippen LogP contribution in [0.15, 0.2) is 0 Å². The third kappa shape index (κ3) is 4.52. The van der Waals surface area contributed by atoms with Crippen molar-refractivity contribution in [2.45, 2.75) is 46.0 Å². The Bertz CT molecular complexity index is 147. The van der Waals surface area contributed by atoms with E-state index in [1.165, 1.54) is 51.7 Å². The van der Waals surface area contributed by atoms with Gasteiger partial charge in [0.1, 0.15) is 0 Å². The molecule has 0 aromatic carbocycles. The van der Waals surface area contributed by atoms with Gasteiger partial charge in [0.2, 0.25) is 0 Å². The lowest BCUT2D eigenvalue weighted by molar-refractivity contribution is 0.171. The molecule has 1 rings (SSSR count). The molecule has 0 amide bonds. The van der Waals surface area contributed by atoms with Crippen molar-refractivity contribution in [2.75, 3.05) is 26.2 Å². The van der Waals surface area contributed by atoms with Crippen LogP contribution in [0.3, 0.4) is 0 Å². The van der Waals surface area contributed by atoms with Gasteiger partial charge in [0, 0.05) is 0 Å². The summed E-state index contributed by atoms with van der Waals surface area (Å²) >= 11 is 0. The van der Waals surface area contributed by atoms with Crippen LogP contribution in [0.4, 0.5) is 0 Å². The van der Waals surface area contributed by atoms with E-state index in [4.69, 9.17) is 5.73 Å². The van der Waals surface area contributed by atoms with Gasteiger partial charge in [-0.3, -0.25) is 0 Å². The van der Waals surface area contributed by atoms with Crippen molar-refractivity contribution < 1.29 is 0 Å². The summed E-state index contributed by atoms with van der Waals surface area (Å²) in [5.74, 6) is 1.74. The number of piperidine rings is 1. The van der Waals surface area contributed by atoms with Gasteiger partial charge in [0.05, 0.1) is 0 Å². The molecule has 0 bridgehead atoms. The molecule has 90 valence electrons. The molecule has 2 nitrogen and oxygen atoms in total. The van der Waals surface area contributed by atoms with Gasteiger partial charge < -0.3 is 10.6 Å². The van der Waals surface area contributed by atoms with Crippen LogP contribution in [0.25, 0.3) is 0 Å². The summed E-state index contributed by atoms with van der Waals surface area (Å²) in [5.41, 5.74) is 5.72. The summed E-state index contributed by atoms with van der Waals surface area (Å²) in [6.45, 7) is 9.34. The average molecular weight is 212 g/mol. The SMILES string of the molecule is CCC(CN)CCN1CCC(CC)CC1. The number of nitrogens with zero attached hydrogens (tertiary/aromatic N) is 1. The fourth-order valence-corrected chi connectivity index (χ4v) is 2.47. The molecule has 15 heavy (non-hydrogen) atoms. The van der Waals surface area contributed by atoms with Crippen molar-refractivity contribution in [3.8, 4) is 0 Å². The molecule has 1 atom stereocenters. The molecule has 1 fully saturated rings. The van der Waals surface area contributed by atoms with Gasteiger partial charge in [-0.05, 0) is 57.3 Å². The molecule has 0 aromatic heterocycles. The van der Waals surface area contributed by atoms with Crippen molar-refractivity contribution in [2.24, 2.45) is 17.6 Å². The first-order chi connectivity index (χ1) is 7.30. The largest absolute Gasteiger partial charge is 0.330 e. The molecule has 1 heterocycles. The van der Waals surface area contributed by atoms with Crippen LogP contribution in [-0.4, -0.2) is 31.1 Å². The van der Waals surface area contributed by atoms with Crippen LogP contribution in [0, 0.1) is 11.8 Å². The molecular weight excluding hydrogens is 184 g/mol. The molecular formula is C13H28N2. The highest BCUT2D eigenvalue weighted by molar-refractivity contribution is 4.72. The first-order valence-electron chi connectivity index (χ1n) is 6.72. The van der Waals surface area contributed by atoms with E-state index in [2.05, 4.69) is 18.7 Å². The monoisotopic (exact) mass is 212 g/mol. The van der Waals surface area contributed by atoms with Crippen molar-refractivity contribution in [1.29, 1.82) is 0 Å². The molecule has 0 saturated carbocycles. The molecule has 1 aliphatic rings. The number of nitrogens with two attached hydrogens (primary N) is 1. The summed E-state index contributed by atoms with van der Waals surface area (Å²) in [6.07, 6.45) is 6.73. The molecule has 2 N–H and O–H groups in total. The molecule has 1 unspecified atom stereocenters. The number of likely N-dealkylation sites (tertiary alicyclic amines) is 1. The summed E-state index contributed by atoms with van der Waals surface area (Å²) in [6, 6.07) is 0. The van der Waals surface area contributed by atoms with E-state index in [1.54, 1.807) is 0 Å². The van der Waals surface area contributed by atoms with Gasteiger partial charge in [-0.1, -0.05) is 26.7 Å². The van der Waals surface area contributed by atoms with Gasteiger partial charge in [-0.25, -0.2) is 0 Å². The molecule has 0 spiro atoms. The van der Waals surface area contributed by atoms with Gasteiger partial charge in [-0.15, -0.1) is 0 Å². The predicted molar refractivity (Wildman–Crippen MR) is 66.9 cm³/mol. The number of rotatable bonds is 6. The van der Waals surface area contributed by atoms with Crippen LogP contribution in [-0.2, 0) is 0 Å². The Labute approximate surface area is 95.2 Å². The minimum atomic E-state index is 0.744. The zero-order valence-electron chi connectivity index (χ0n) is 10.5. The summed E-state index contributed by atoms with van der Waals surface area (Å²) < 4.78 is 0. The Morgan fingerprint density at radius 3 is 2.40 bits per heavy atom. The normalized spacial score (nSPS) is 21.8. The van der Waals surface area contributed by atoms with Gasteiger partial charge in [-0.2, -0.15) is 0 Å². The highest BCUT2D eigenvalue weighted by atomic mass is 15.1. The van der Waals surface area contributed by atoms with Crippen molar-refractivity contribution in [3.05, 3.63) is 0 Å². The Balaban J connectivity index is 2.12. The third-order valence-corrected chi connectivity index (χ3v) is 4.05.